The first-order valence-corrected chi connectivity index (χ1v) is 9.03. The Hall–Kier alpha value is -2.74. The van der Waals surface area contributed by atoms with Gasteiger partial charge >= 0.3 is 6.18 Å². The fraction of sp³-hybridized carbons (Fsp3) is 0.158. The van der Waals surface area contributed by atoms with E-state index in [1.807, 2.05) is 35.8 Å². The van der Waals surface area contributed by atoms with Crippen LogP contribution in [0.25, 0.3) is 5.69 Å². The van der Waals surface area contributed by atoms with Gasteiger partial charge in [0, 0.05) is 12.4 Å². The van der Waals surface area contributed by atoms with Crippen LogP contribution in [0.2, 0.25) is 0 Å². The highest BCUT2D eigenvalue weighted by atomic mass is 32.2. The zero-order valence-electron chi connectivity index (χ0n) is 14.3. The Labute approximate surface area is 158 Å². The Kier molecular flexibility index (Phi) is 5.55. The lowest BCUT2D eigenvalue weighted by Gasteiger charge is -2.13. The van der Waals surface area contributed by atoms with Crippen LogP contribution in [0.4, 0.5) is 18.9 Å². The van der Waals surface area contributed by atoms with Crippen molar-refractivity contribution < 1.29 is 18.0 Å². The second kappa shape index (κ2) is 7.87. The van der Waals surface area contributed by atoms with Crippen LogP contribution in [-0.4, -0.2) is 21.2 Å². The van der Waals surface area contributed by atoms with Gasteiger partial charge in [-0.05, 0) is 30.7 Å². The number of thioether (sulfide) groups is 1. The first kappa shape index (κ1) is 19.0. The number of halogens is 3. The maximum absolute atomic E-state index is 13.0. The molecule has 0 fully saturated rings. The molecule has 27 heavy (non-hydrogen) atoms. The van der Waals surface area contributed by atoms with E-state index in [2.05, 4.69) is 10.3 Å². The number of rotatable bonds is 5. The van der Waals surface area contributed by atoms with Gasteiger partial charge in [-0.2, -0.15) is 13.2 Å². The summed E-state index contributed by atoms with van der Waals surface area (Å²) in [7, 11) is 0. The van der Waals surface area contributed by atoms with Crippen molar-refractivity contribution in [2.45, 2.75) is 18.3 Å². The van der Waals surface area contributed by atoms with Gasteiger partial charge in [-0.15, -0.1) is 0 Å². The molecule has 0 saturated heterocycles. The molecule has 0 radical (unpaired) electrons. The normalized spacial score (nSPS) is 11.4. The Morgan fingerprint density at radius 2 is 1.85 bits per heavy atom. The lowest BCUT2D eigenvalue weighted by Crippen LogP contribution is -2.18. The molecule has 1 aromatic heterocycles. The molecule has 3 aromatic rings. The van der Waals surface area contributed by atoms with Gasteiger partial charge in [0.1, 0.15) is 0 Å². The number of benzene rings is 2. The Bertz CT molecular complexity index is 953. The van der Waals surface area contributed by atoms with Crippen LogP contribution in [-0.2, 0) is 11.0 Å². The molecule has 1 amide bonds. The van der Waals surface area contributed by atoms with E-state index in [1.54, 1.807) is 12.4 Å². The van der Waals surface area contributed by atoms with Crippen molar-refractivity contribution in [1.82, 2.24) is 9.55 Å². The van der Waals surface area contributed by atoms with Crippen LogP contribution in [0.5, 0.6) is 0 Å². The van der Waals surface area contributed by atoms with E-state index in [9.17, 15) is 18.0 Å². The molecule has 4 nitrogen and oxygen atoms in total. The van der Waals surface area contributed by atoms with Gasteiger partial charge in [0.15, 0.2) is 5.16 Å². The highest BCUT2D eigenvalue weighted by Gasteiger charge is 2.33. The summed E-state index contributed by atoms with van der Waals surface area (Å²) in [6.45, 7) is 1.96. The summed E-state index contributed by atoms with van der Waals surface area (Å²) in [6.07, 6.45) is -1.13. The van der Waals surface area contributed by atoms with E-state index < -0.39 is 17.6 Å². The summed E-state index contributed by atoms with van der Waals surface area (Å²) < 4.78 is 40.9. The molecule has 140 valence electrons. The van der Waals surface area contributed by atoms with Crippen LogP contribution < -0.4 is 5.32 Å². The van der Waals surface area contributed by atoms with Crippen LogP contribution >= 0.6 is 11.8 Å². The van der Waals surface area contributed by atoms with Crippen molar-refractivity contribution in [3.05, 3.63) is 72.1 Å². The monoisotopic (exact) mass is 391 g/mol. The summed E-state index contributed by atoms with van der Waals surface area (Å²) in [5.74, 6) is -0.592. The molecule has 0 aliphatic heterocycles. The minimum Gasteiger partial charge on any atom is -0.325 e. The second-order valence-corrected chi connectivity index (χ2v) is 6.69. The topological polar surface area (TPSA) is 46.9 Å². The summed E-state index contributed by atoms with van der Waals surface area (Å²) in [6, 6.07) is 12.6. The number of imidazole rings is 1. The van der Waals surface area contributed by atoms with Crippen molar-refractivity contribution in [2.24, 2.45) is 0 Å². The number of amides is 1. The molecule has 0 aliphatic carbocycles. The minimum absolute atomic E-state index is 0.0604. The highest BCUT2D eigenvalue weighted by Crippen LogP contribution is 2.34. The molecule has 0 saturated carbocycles. The zero-order chi connectivity index (χ0) is 19.4. The molecular weight excluding hydrogens is 375 g/mol. The van der Waals surface area contributed by atoms with Crippen molar-refractivity contribution in [1.29, 1.82) is 0 Å². The number of nitrogens with one attached hydrogen (secondary N) is 1. The minimum atomic E-state index is -4.53. The smallest absolute Gasteiger partial charge is 0.325 e. The van der Waals surface area contributed by atoms with E-state index in [0.29, 0.717) is 5.16 Å². The third-order valence-electron chi connectivity index (χ3n) is 3.82. The molecule has 1 heterocycles. The van der Waals surface area contributed by atoms with Gasteiger partial charge in [-0.1, -0.05) is 42.1 Å². The number of aromatic nitrogens is 2. The van der Waals surface area contributed by atoms with E-state index >= 15 is 0 Å². The summed E-state index contributed by atoms with van der Waals surface area (Å²) >= 11 is 1.16. The average molecular weight is 391 g/mol. The van der Waals surface area contributed by atoms with Crippen LogP contribution in [0.1, 0.15) is 11.1 Å². The van der Waals surface area contributed by atoms with Crippen LogP contribution in [0, 0.1) is 6.92 Å². The SMILES string of the molecule is Cc1ccccc1-n1ccnc1SCC(=O)Nc1ccccc1C(F)(F)F. The van der Waals surface area contributed by atoms with Crippen molar-refractivity contribution in [2.75, 3.05) is 11.1 Å². The number of para-hydroxylation sites is 2. The van der Waals surface area contributed by atoms with Gasteiger partial charge in [-0.3, -0.25) is 9.36 Å². The van der Waals surface area contributed by atoms with Crippen molar-refractivity contribution in [3.8, 4) is 5.69 Å². The van der Waals surface area contributed by atoms with Crippen molar-refractivity contribution >= 4 is 23.4 Å². The fourth-order valence-corrected chi connectivity index (χ4v) is 3.34. The van der Waals surface area contributed by atoms with E-state index in [0.717, 1.165) is 29.1 Å². The summed E-state index contributed by atoms with van der Waals surface area (Å²) in [5, 5.41) is 2.92. The number of aryl methyl sites for hydroxylation is 1. The Balaban J connectivity index is 1.70. The molecule has 3 rings (SSSR count). The molecule has 0 atom stereocenters. The van der Waals surface area contributed by atoms with Gasteiger partial charge in [0.2, 0.25) is 5.91 Å². The summed E-state index contributed by atoms with van der Waals surface area (Å²) in [5.41, 5.74) is 0.851. The third-order valence-corrected chi connectivity index (χ3v) is 4.79. The number of hydrogen-bond donors (Lipinski definition) is 1. The average Bonchev–Trinajstić information content (AvgIpc) is 3.08. The number of hydrogen-bond acceptors (Lipinski definition) is 3. The first-order valence-electron chi connectivity index (χ1n) is 8.04. The van der Waals surface area contributed by atoms with Crippen LogP contribution in [0.15, 0.2) is 66.1 Å². The fourth-order valence-electron chi connectivity index (χ4n) is 2.57. The molecule has 8 heteroatoms. The van der Waals surface area contributed by atoms with E-state index in [4.69, 9.17) is 0 Å². The third kappa shape index (κ3) is 4.51. The summed E-state index contributed by atoms with van der Waals surface area (Å²) in [4.78, 5) is 16.4. The molecular formula is C19H16F3N3OS. The number of anilines is 1. The number of nitrogens with zero attached hydrogens (tertiary/aromatic N) is 2. The molecule has 2 aromatic carbocycles. The maximum atomic E-state index is 13.0. The van der Waals surface area contributed by atoms with Gasteiger partial charge in [0.05, 0.1) is 22.7 Å². The van der Waals surface area contributed by atoms with Gasteiger partial charge in [0.25, 0.3) is 0 Å². The zero-order valence-corrected chi connectivity index (χ0v) is 15.1. The first-order chi connectivity index (χ1) is 12.9. The highest BCUT2D eigenvalue weighted by molar-refractivity contribution is 7.99. The molecule has 0 spiro atoms. The second-order valence-electron chi connectivity index (χ2n) is 5.75. The number of carbonyl (C=O) groups excluding carboxylic acids is 1. The van der Waals surface area contributed by atoms with E-state index in [-0.39, 0.29) is 11.4 Å². The van der Waals surface area contributed by atoms with Gasteiger partial charge in [-0.25, -0.2) is 4.98 Å². The van der Waals surface area contributed by atoms with Crippen LogP contribution in [0.3, 0.4) is 0 Å². The Morgan fingerprint density at radius 1 is 1.15 bits per heavy atom. The molecule has 0 bridgehead atoms. The molecule has 0 unspecified atom stereocenters. The Morgan fingerprint density at radius 3 is 2.59 bits per heavy atom. The quantitative estimate of drug-likeness (QED) is 0.628. The standard InChI is InChI=1S/C19H16F3N3OS/c1-13-6-2-5-9-16(13)25-11-10-23-18(25)27-12-17(26)24-15-8-4-3-7-14(15)19(20,21)22/h2-11H,12H2,1H3,(H,24,26). The van der Waals surface area contributed by atoms with Gasteiger partial charge < -0.3 is 5.32 Å². The number of carbonyl (C=O) groups is 1. The predicted octanol–water partition coefficient (Wildman–Crippen LogP) is 4.93. The molecule has 0 aliphatic rings. The van der Waals surface area contributed by atoms with E-state index in [1.165, 1.54) is 18.2 Å². The predicted molar refractivity (Wildman–Crippen MR) is 99.1 cm³/mol. The largest absolute Gasteiger partial charge is 0.418 e. The van der Waals surface area contributed by atoms with Crippen molar-refractivity contribution in [3.63, 3.8) is 0 Å². The maximum Gasteiger partial charge on any atom is 0.418 e. The molecule has 1 N–H and O–H groups in total. The number of alkyl halides is 3. The lowest BCUT2D eigenvalue weighted by atomic mass is 10.1. The lowest BCUT2D eigenvalue weighted by molar-refractivity contribution is -0.137.